The van der Waals surface area contributed by atoms with Gasteiger partial charge < -0.3 is 15.8 Å². The van der Waals surface area contributed by atoms with E-state index in [0.717, 1.165) is 17.7 Å². The van der Waals surface area contributed by atoms with Gasteiger partial charge in [0, 0.05) is 6.42 Å². The van der Waals surface area contributed by atoms with Crippen molar-refractivity contribution < 1.29 is 9.53 Å². The summed E-state index contributed by atoms with van der Waals surface area (Å²) in [6, 6.07) is 7.82. The molecule has 21 heavy (non-hydrogen) atoms. The number of carbonyl (C=O) groups is 1. The van der Waals surface area contributed by atoms with Crippen LogP contribution in [0.4, 0.5) is 0 Å². The summed E-state index contributed by atoms with van der Waals surface area (Å²) < 4.78 is 5.68. The van der Waals surface area contributed by atoms with Crippen LogP contribution in [0.25, 0.3) is 0 Å². The number of carbonyl (C=O) groups excluding carboxylic acids is 1. The van der Waals surface area contributed by atoms with Crippen LogP contribution >= 0.6 is 0 Å². The molecule has 0 heterocycles. The van der Waals surface area contributed by atoms with Crippen LogP contribution < -0.4 is 15.8 Å². The summed E-state index contributed by atoms with van der Waals surface area (Å²) >= 11 is 0. The maximum absolute atomic E-state index is 12.0. The Labute approximate surface area is 128 Å². The maximum Gasteiger partial charge on any atom is 0.220 e. The van der Waals surface area contributed by atoms with Gasteiger partial charge in [-0.15, -0.1) is 0 Å². The summed E-state index contributed by atoms with van der Waals surface area (Å²) in [5, 5.41) is 3.03. The highest BCUT2D eigenvalue weighted by Gasteiger charge is 2.14. The molecule has 0 saturated carbocycles. The Hall–Kier alpha value is -1.55. The van der Waals surface area contributed by atoms with Crippen molar-refractivity contribution in [1.29, 1.82) is 0 Å². The molecular weight excluding hydrogens is 264 g/mol. The molecule has 0 aliphatic heterocycles. The first kappa shape index (κ1) is 17.5. The first-order chi connectivity index (χ1) is 9.96. The zero-order chi connectivity index (χ0) is 15.8. The molecule has 1 amide bonds. The molecule has 0 radical (unpaired) electrons. The smallest absolute Gasteiger partial charge is 0.220 e. The van der Waals surface area contributed by atoms with Gasteiger partial charge in [-0.2, -0.15) is 0 Å². The van der Waals surface area contributed by atoms with Crippen LogP contribution in [0.5, 0.6) is 5.75 Å². The van der Waals surface area contributed by atoms with E-state index in [4.69, 9.17) is 10.5 Å². The molecule has 2 atom stereocenters. The highest BCUT2D eigenvalue weighted by molar-refractivity contribution is 5.76. The van der Waals surface area contributed by atoms with Crippen LogP contribution in [0, 0.1) is 5.92 Å². The molecule has 0 spiro atoms. The number of rotatable bonds is 8. The molecule has 2 unspecified atom stereocenters. The number of hydrogen-bond donors (Lipinski definition) is 2. The summed E-state index contributed by atoms with van der Waals surface area (Å²) in [5.74, 6) is 1.14. The molecule has 1 aromatic carbocycles. The Kier molecular flexibility index (Phi) is 7.23. The number of nitrogens with two attached hydrogens (primary N) is 1. The van der Waals surface area contributed by atoms with Gasteiger partial charge in [0.1, 0.15) is 5.75 Å². The third kappa shape index (κ3) is 6.17. The van der Waals surface area contributed by atoms with Crippen molar-refractivity contribution in [2.75, 3.05) is 6.54 Å². The van der Waals surface area contributed by atoms with Crippen molar-refractivity contribution >= 4 is 5.91 Å². The largest absolute Gasteiger partial charge is 0.491 e. The monoisotopic (exact) mass is 292 g/mol. The van der Waals surface area contributed by atoms with Gasteiger partial charge in [0.15, 0.2) is 0 Å². The predicted octanol–water partition coefficient (Wildman–Crippen LogP) is 3.03. The van der Waals surface area contributed by atoms with Crippen molar-refractivity contribution in [3.63, 3.8) is 0 Å². The van der Waals surface area contributed by atoms with E-state index in [9.17, 15) is 4.79 Å². The van der Waals surface area contributed by atoms with Gasteiger partial charge in [-0.3, -0.25) is 4.79 Å². The maximum atomic E-state index is 12.0. The minimum absolute atomic E-state index is 0.0384. The minimum Gasteiger partial charge on any atom is -0.491 e. The normalized spacial score (nSPS) is 13.8. The second kappa shape index (κ2) is 8.67. The van der Waals surface area contributed by atoms with E-state index in [1.165, 1.54) is 0 Å². The van der Waals surface area contributed by atoms with Gasteiger partial charge in [-0.25, -0.2) is 0 Å². The van der Waals surface area contributed by atoms with Crippen molar-refractivity contribution in [2.24, 2.45) is 11.7 Å². The van der Waals surface area contributed by atoms with E-state index in [-0.39, 0.29) is 24.0 Å². The first-order valence-corrected chi connectivity index (χ1v) is 7.72. The molecule has 0 bridgehead atoms. The van der Waals surface area contributed by atoms with Crippen LogP contribution in [0.3, 0.4) is 0 Å². The molecule has 0 aliphatic carbocycles. The van der Waals surface area contributed by atoms with E-state index in [2.05, 4.69) is 12.2 Å². The molecule has 118 valence electrons. The highest BCUT2D eigenvalue weighted by Crippen LogP contribution is 2.20. The molecule has 0 aromatic heterocycles. The second-order valence-corrected chi connectivity index (χ2v) is 5.74. The zero-order valence-corrected chi connectivity index (χ0v) is 13.6. The number of ether oxygens (including phenoxy) is 1. The Morgan fingerprint density at radius 3 is 2.62 bits per heavy atom. The predicted molar refractivity (Wildman–Crippen MR) is 86.2 cm³/mol. The summed E-state index contributed by atoms with van der Waals surface area (Å²) in [5.41, 5.74) is 6.69. The van der Waals surface area contributed by atoms with E-state index in [0.29, 0.717) is 13.0 Å². The second-order valence-electron chi connectivity index (χ2n) is 5.74. The highest BCUT2D eigenvalue weighted by atomic mass is 16.5. The molecular formula is C17H28N2O2. The van der Waals surface area contributed by atoms with Crippen molar-refractivity contribution in [1.82, 2.24) is 5.32 Å². The van der Waals surface area contributed by atoms with Crippen LogP contribution in [0.2, 0.25) is 0 Å². The van der Waals surface area contributed by atoms with Crippen LogP contribution in [-0.2, 0) is 4.79 Å². The number of benzene rings is 1. The van der Waals surface area contributed by atoms with Gasteiger partial charge in [0.2, 0.25) is 5.91 Å². The van der Waals surface area contributed by atoms with Crippen LogP contribution in [-0.4, -0.2) is 18.6 Å². The number of hydrogen-bond acceptors (Lipinski definition) is 3. The van der Waals surface area contributed by atoms with Gasteiger partial charge >= 0.3 is 0 Å². The van der Waals surface area contributed by atoms with E-state index >= 15 is 0 Å². The lowest BCUT2D eigenvalue weighted by molar-refractivity contribution is -0.122. The molecule has 3 N–H and O–H groups in total. The minimum atomic E-state index is -0.0384. The SMILES string of the molecule is CCC(CN)CC(=O)NC(C)c1cccc(OC(C)C)c1. The third-order valence-corrected chi connectivity index (χ3v) is 3.49. The zero-order valence-electron chi connectivity index (χ0n) is 13.6. The lowest BCUT2D eigenvalue weighted by atomic mass is 10.0. The van der Waals surface area contributed by atoms with Gasteiger partial charge in [0.05, 0.1) is 12.1 Å². The van der Waals surface area contributed by atoms with Gasteiger partial charge in [-0.1, -0.05) is 25.5 Å². The summed E-state index contributed by atoms with van der Waals surface area (Å²) in [6.45, 7) is 8.58. The molecule has 4 heteroatoms. The Balaban J connectivity index is 2.62. The Morgan fingerprint density at radius 1 is 1.33 bits per heavy atom. The molecule has 0 aliphatic rings. The average Bonchev–Trinajstić information content (AvgIpc) is 2.44. The van der Waals surface area contributed by atoms with Crippen molar-refractivity contribution in [3.05, 3.63) is 29.8 Å². The van der Waals surface area contributed by atoms with Crippen molar-refractivity contribution in [2.45, 2.75) is 52.7 Å². The molecule has 0 fully saturated rings. The Morgan fingerprint density at radius 2 is 2.05 bits per heavy atom. The van der Waals surface area contributed by atoms with E-state index < -0.39 is 0 Å². The van der Waals surface area contributed by atoms with Gasteiger partial charge in [-0.05, 0) is 50.9 Å². The lowest BCUT2D eigenvalue weighted by Gasteiger charge is -2.18. The third-order valence-electron chi connectivity index (χ3n) is 3.49. The van der Waals surface area contributed by atoms with Crippen LogP contribution in [0.15, 0.2) is 24.3 Å². The van der Waals surface area contributed by atoms with Gasteiger partial charge in [0.25, 0.3) is 0 Å². The van der Waals surface area contributed by atoms with Crippen LogP contribution in [0.1, 0.15) is 52.1 Å². The molecule has 4 nitrogen and oxygen atoms in total. The number of nitrogens with one attached hydrogen (secondary N) is 1. The van der Waals surface area contributed by atoms with Crippen molar-refractivity contribution in [3.8, 4) is 5.75 Å². The Bertz CT molecular complexity index is 442. The topological polar surface area (TPSA) is 64.4 Å². The fourth-order valence-electron chi connectivity index (χ4n) is 2.17. The average molecular weight is 292 g/mol. The summed E-state index contributed by atoms with van der Waals surface area (Å²) in [7, 11) is 0. The fourth-order valence-corrected chi connectivity index (χ4v) is 2.17. The quantitative estimate of drug-likeness (QED) is 0.774. The van der Waals surface area contributed by atoms with E-state index in [1.807, 2.05) is 45.0 Å². The summed E-state index contributed by atoms with van der Waals surface area (Å²) in [4.78, 5) is 12.0. The molecule has 1 rings (SSSR count). The molecule has 1 aromatic rings. The number of amides is 1. The fraction of sp³-hybridized carbons (Fsp3) is 0.588. The van der Waals surface area contributed by atoms with E-state index in [1.54, 1.807) is 0 Å². The standard InChI is InChI=1S/C17H28N2O2/c1-5-14(11-18)9-17(20)19-13(4)15-7-6-8-16(10-15)21-12(2)3/h6-8,10,12-14H,5,9,11,18H2,1-4H3,(H,19,20). The first-order valence-electron chi connectivity index (χ1n) is 7.72. The summed E-state index contributed by atoms with van der Waals surface area (Å²) in [6.07, 6.45) is 1.55. The lowest BCUT2D eigenvalue weighted by Crippen LogP contribution is -2.30. The molecule has 0 saturated heterocycles.